The maximum Gasteiger partial charge on any atom is 0.241 e. The van der Waals surface area contributed by atoms with Crippen LogP contribution >= 0.6 is 11.6 Å². The summed E-state index contributed by atoms with van der Waals surface area (Å²) in [5.41, 5.74) is 1.35. The van der Waals surface area contributed by atoms with E-state index in [1.807, 2.05) is 18.2 Å². The first-order valence-corrected chi connectivity index (χ1v) is 6.96. The monoisotopic (exact) mass is 290 g/mol. The van der Waals surface area contributed by atoms with Gasteiger partial charge in [0.05, 0.1) is 16.8 Å². The molecule has 0 radical (unpaired) electrons. The molecule has 1 aromatic heterocycles. The first-order chi connectivity index (χ1) is 9.75. The van der Waals surface area contributed by atoms with E-state index in [4.69, 9.17) is 11.6 Å². The van der Waals surface area contributed by atoms with Crippen molar-refractivity contribution in [2.75, 3.05) is 11.9 Å². The second kappa shape index (κ2) is 5.64. The van der Waals surface area contributed by atoms with E-state index >= 15 is 0 Å². The number of para-hydroxylation sites is 1. The van der Waals surface area contributed by atoms with Crippen molar-refractivity contribution in [3.05, 3.63) is 41.7 Å². The van der Waals surface area contributed by atoms with Crippen molar-refractivity contribution < 1.29 is 4.79 Å². The molecule has 6 heteroatoms. The van der Waals surface area contributed by atoms with Crippen LogP contribution in [-0.2, 0) is 4.79 Å². The van der Waals surface area contributed by atoms with Gasteiger partial charge in [0.15, 0.2) is 0 Å². The molecule has 0 bridgehead atoms. The van der Waals surface area contributed by atoms with Gasteiger partial charge in [-0.15, -0.1) is 0 Å². The van der Waals surface area contributed by atoms with E-state index in [2.05, 4.69) is 15.7 Å². The third-order valence-corrected chi connectivity index (χ3v) is 3.66. The average molecular weight is 291 g/mol. The van der Waals surface area contributed by atoms with Crippen LogP contribution in [0.2, 0.25) is 5.02 Å². The smallest absolute Gasteiger partial charge is 0.241 e. The number of nitrogens with zero attached hydrogens (tertiary/aromatic N) is 2. The van der Waals surface area contributed by atoms with Crippen LogP contribution in [0.4, 0.5) is 5.69 Å². The molecule has 0 spiro atoms. The Labute approximate surface area is 121 Å². The zero-order valence-corrected chi connectivity index (χ0v) is 11.6. The van der Waals surface area contributed by atoms with E-state index in [0.717, 1.165) is 19.4 Å². The zero-order valence-electron chi connectivity index (χ0n) is 10.8. The van der Waals surface area contributed by atoms with Crippen LogP contribution in [0.1, 0.15) is 12.8 Å². The molecule has 104 valence electrons. The van der Waals surface area contributed by atoms with Gasteiger partial charge in [-0.25, -0.2) is 4.68 Å². The van der Waals surface area contributed by atoms with Gasteiger partial charge in [0.1, 0.15) is 5.69 Å². The summed E-state index contributed by atoms with van der Waals surface area (Å²) >= 11 is 6.24. The SMILES string of the molecule is O=C(Nc1cccc(Cl)c1-n1cccn1)C1CCCN1. The number of hydrogen-bond acceptors (Lipinski definition) is 3. The minimum absolute atomic E-state index is 0.0295. The van der Waals surface area contributed by atoms with E-state index in [-0.39, 0.29) is 11.9 Å². The summed E-state index contributed by atoms with van der Waals surface area (Å²) in [6.45, 7) is 0.889. The number of hydrogen-bond donors (Lipinski definition) is 2. The van der Waals surface area contributed by atoms with Gasteiger partial charge in [-0.3, -0.25) is 4.79 Å². The Hall–Kier alpha value is -1.85. The normalized spacial score (nSPS) is 18.1. The molecule has 1 aromatic carbocycles. The van der Waals surface area contributed by atoms with Gasteiger partial charge in [0.25, 0.3) is 0 Å². The van der Waals surface area contributed by atoms with Gasteiger partial charge in [0, 0.05) is 12.4 Å². The molecule has 1 atom stereocenters. The van der Waals surface area contributed by atoms with Crippen molar-refractivity contribution in [1.29, 1.82) is 0 Å². The number of benzene rings is 1. The number of rotatable bonds is 3. The molecular formula is C14H15ClN4O. The molecule has 2 N–H and O–H groups in total. The Morgan fingerprint density at radius 3 is 3.05 bits per heavy atom. The number of nitrogens with one attached hydrogen (secondary N) is 2. The van der Waals surface area contributed by atoms with Crippen molar-refractivity contribution in [3.63, 3.8) is 0 Å². The maximum absolute atomic E-state index is 12.2. The Morgan fingerprint density at radius 2 is 2.35 bits per heavy atom. The van der Waals surface area contributed by atoms with Gasteiger partial charge in [-0.1, -0.05) is 17.7 Å². The molecule has 1 aliphatic rings. The molecule has 1 aliphatic heterocycles. The number of carbonyl (C=O) groups is 1. The van der Waals surface area contributed by atoms with Crippen molar-refractivity contribution in [1.82, 2.24) is 15.1 Å². The average Bonchev–Trinajstić information content (AvgIpc) is 3.12. The molecule has 3 rings (SSSR count). The lowest BCUT2D eigenvalue weighted by Gasteiger charge is -2.15. The summed E-state index contributed by atoms with van der Waals surface area (Å²) in [5.74, 6) is -0.0295. The molecule has 1 unspecified atom stereocenters. The first-order valence-electron chi connectivity index (χ1n) is 6.58. The van der Waals surface area contributed by atoms with Crippen LogP contribution in [0.25, 0.3) is 5.69 Å². The summed E-state index contributed by atoms with van der Waals surface area (Å²) in [6.07, 6.45) is 5.36. The minimum atomic E-state index is -0.126. The largest absolute Gasteiger partial charge is 0.323 e. The summed E-state index contributed by atoms with van der Waals surface area (Å²) in [4.78, 5) is 12.2. The lowest BCUT2D eigenvalue weighted by atomic mass is 10.2. The van der Waals surface area contributed by atoms with Crippen LogP contribution in [0.5, 0.6) is 0 Å². The topological polar surface area (TPSA) is 59.0 Å². The van der Waals surface area contributed by atoms with Crippen molar-refractivity contribution in [3.8, 4) is 5.69 Å². The highest BCUT2D eigenvalue weighted by atomic mass is 35.5. The summed E-state index contributed by atoms with van der Waals surface area (Å²) in [7, 11) is 0. The molecule has 2 heterocycles. The van der Waals surface area contributed by atoms with Crippen LogP contribution in [0.15, 0.2) is 36.7 Å². The minimum Gasteiger partial charge on any atom is -0.323 e. The molecule has 0 aliphatic carbocycles. The Bertz CT molecular complexity index is 606. The molecule has 1 saturated heterocycles. The quantitative estimate of drug-likeness (QED) is 0.911. The van der Waals surface area contributed by atoms with Gasteiger partial charge in [-0.2, -0.15) is 5.10 Å². The third kappa shape index (κ3) is 2.55. The highest BCUT2D eigenvalue weighted by molar-refractivity contribution is 6.33. The van der Waals surface area contributed by atoms with E-state index in [0.29, 0.717) is 16.4 Å². The highest BCUT2D eigenvalue weighted by Gasteiger charge is 2.23. The third-order valence-electron chi connectivity index (χ3n) is 3.35. The van der Waals surface area contributed by atoms with E-state index in [1.165, 1.54) is 0 Å². The van der Waals surface area contributed by atoms with Crippen LogP contribution in [0, 0.1) is 0 Å². The standard InChI is InChI=1S/C14H15ClN4O/c15-10-4-1-5-11(13(10)19-9-3-8-17-19)18-14(20)12-6-2-7-16-12/h1,3-5,8-9,12,16H,2,6-7H2,(H,18,20). The molecule has 1 fully saturated rings. The second-order valence-electron chi connectivity index (χ2n) is 4.72. The predicted octanol–water partition coefficient (Wildman–Crippen LogP) is 2.22. The Morgan fingerprint density at radius 1 is 1.45 bits per heavy atom. The summed E-state index contributed by atoms with van der Waals surface area (Å²) in [6, 6.07) is 7.11. The van der Waals surface area contributed by atoms with Crippen molar-refractivity contribution in [2.45, 2.75) is 18.9 Å². The Balaban J connectivity index is 1.89. The lowest BCUT2D eigenvalue weighted by Crippen LogP contribution is -2.35. The molecule has 20 heavy (non-hydrogen) atoms. The van der Waals surface area contributed by atoms with Gasteiger partial charge in [0.2, 0.25) is 5.91 Å². The fourth-order valence-electron chi connectivity index (χ4n) is 2.38. The summed E-state index contributed by atoms with van der Waals surface area (Å²) < 4.78 is 1.65. The number of amides is 1. The second-order valence-corrected chi connectivity index (χ2v) is 5.13. The van der Waals surface area contributed by atoms with Gasteiger partial charge >= 0.3 is 0 Å². The van der Waals surface area contributed by atoms with Crippen LogP contribution in [0.3, 0.4) is 0 Å². The Kier molecular flexibility index (Phi) is 3.71. The number of aromatic nitrogens is 2. The van der Waals surface area contributed by atoms with Crippen LogP contribution in [-0.4, -0.2) is 28.3 Å². The highest BCUT2D eigenvalue weighted by Crippen LogP contribution is 2.28. The first kappa shape index (κ1) is 13.1. The predicted molar refractivity (Wildman–Crippen MR) is 78.2 cm³/mol. The van der Waals surface area contributed by atoms with E-state index < -0.39 is 0 Å². The molecule has 2 aromatic rings. The molecule has 1 amide bonds. The maximum atomic E-state index is 12.2. The molecule has 5 nitrogen and oxygen atoms in total. The molecule has 0 saturated carbocycles. The summed E-state index contributed by atoms with van der Waals surface area (Å²) in [5, 5.41) is 10.8. The van der Waals surface area contributed by atoms with Crippen molar-refractivity contribution >= 4 is 23.2 Å². The number of halogens is 1. The number of carbonyl (C=O) groups excluding carboxylic acids is 1. The van der Waals surface area contributed by atoms with Gasteiger partial charge in [-0.05, 0) is 37.6 Å². The fourth-order valence-corrected chi connectivity index (χ4v) is 2.64. The van der Waals surface area contributed by atoms with E-state index in [9.17, 15) is 4.79 Å². The lowest BCUT2D eigenvalue weighted by molar-refractivity contribution is -0.117. The fraction of sp³-hybridized carbons (Fsp3) is 0.286. The van der Waals surface area contributed by atoms with Gasteiger partial charge < -0.3 is 10.6 Å². The van der Waals surface area contributed by atoms with Crippen molar-refractivity contribution in [2.24, 2.45) is 0 Å². The van der Waals surface area contributed by atoms with E-state index in [1.54, 1.807) is 23.1 Å². The van der Waals surface area contributed by atoms with Crippen LogP contribution < -0.4 is 10.6 Å². The molecular weight excluding hydrogens is 276 g/mol. The number of anilines is 1. The zero-order chi connectivity index (χ0) is 13.9.